The third-order valence-electron chi connectivity index (χ3n) is 3.20. The van der Waals surface area contributed by atoms with Crippen molar-refractivity contribution >= 4 is 0 Å². The van der Waals surface area contributed by atoms with Crippen LogP contribution in [0.15, 0.2) is 11.8 Å². The lowest BCUT2D eigenvalue weighted by Gasteiger charge is -2.31. The van der Waals surface area contributed by atoms with E-state index in [9.17, 15) is 0 Å². The summed E-state index contributed by atoms with van der Waals surface area (Å²) in [7, 11) is 1.77. The average Bonchev–Trinajstić information content (AvgIpc) is 2.35. The maximum atomic E-state index is 5.77. The van der Waals surface area contributed by atoms with E-state index in [1.54, 1.807) is 7.11 Å². The minimum atomic E-state index is -0.118. The molecule has 0 spiro atoms. The quantitative estimate of drug-likeness (QED) is 0.743. The van der Waals surface area contributed by atoms with Crippen LogP contribution in [0.1, 0.15) is 46.5 Å². The fourth-order valence-corrected chi connectivity index (χ4v) is 1.99. The van der Waals surface area contributed by atoms with E-state index >= 15 is 0 Å². The zero-order valence-electron chi connectivity index (χ0n) is 11.7. The van der Waals surface area contributed by atoms with Gasteiger partial charge in [0, 0.05) is 7.11 Å². The van der Waals surface area contributed by atoms with Crippen molar-refractivity contribution in [1.29, 1.82) is 0 Å². The minimum absolute atomic E-state index is 0.118. The highest BCUT2D eigenvalue weighted by Crippen LogP contribution is 2.23. The van der Waals surface area contributed by atoms with E-state index in [1.165, 1.54) is 0 Å². The molecule has 0 aromatic rings. The van der Waals surface area contributed by atoms with Gasteiger partial charge in [-0.15, -0.1) is 0 Å². The van der Waals surface area contributed by atoms with E-state index in [0.717, 1.165) is 44.6 Å². The Balaban J connectivity index is 2.62. The molecule has 0 aliphatic carbocycles. The Labute approximate surface area is 106 Å². The summed E-state index contributed by atoms with van der Waals surface area (Å²) < 4.78 is 11.3. The molecular weight excluding hydrogens is 214 g/mol. The Kier molecular flexibility index (Phi) is 6.00. The molecule has 100 valence electrons. The lowest BCUT2D eigenvalue weighted by molar-refractivity contribution is 0.00388. The number of allylic oxidation sites excluding steroid dienone is 1. The first-order chi connectivity index (χ1) is 8.09. The van der Waals surface area contributed by atoms with Crippen molar-refractivity contribution in [1.82, 2.24) is 5.32 Å². The Morgan fingerprint density at radius 3 is 2.82 bits per heavy atom. The molecule has 0 saturated carbocycles. The van der Waals surface area contributed by atoms with Crippen molar-refractivity contribution in [2.24, 2.45) is 0 Å². The summed E-state index contributed by atoms with van der Waals surface area (Å²) in [6, 6.07) is 0.283. The van der Waals surface area contributed by atoms with E-state index < -0.39 is 0 Å². The third-order valence-corrected chi connectivity index (χ3v) is 3.20. The van der Waals surface area contributed by atoms with E-state index in [2.05, 4.69) is 32.2 Å². The largest absolute Gasteiger partial charge is 0.497 e. The first-order valence-electron chi connectivity index (χ1n) is 6.70. The van der Waals surface area contributed by atoms with Crippen molar-refractivity contribution in [3.05, 3.63) is 11.8 Å². The predicted molar refractivity (Wildman–Crippen MR) is 71.1 cm³/mol. The van der Waals surface area contributed by atoms with Gasteiger partial charge >= 0.3 is 0 Å². The molecule has 17 heavy (non-hydrogen) atoms. The standard InChI is InChI=1S/C14H27NO2/c1-5-9-15-12(11-14(2,3)16-4)13-8-6-7-10-17-13/h8,12,15H,5-7,9-11H2,1-4H3. The number of hydrogen-bond donors (Lipinski definition) is 1. The first kappa shape index (κ1) is 14.5. The van der Waals surface area contributed by atoms with Gasteiger partial charge < -0.3 is 14.8 Å². The summed E-state index contributed by atoms with van der Waals surface area (Å²) in [5.74, 6) is 1.11. The first-order valence-corrected chi connectivity index (χ1v) is 6.70. The van der Waals surface area contributed by atoms with Crippen LogP contribution in [0, 0.1) is 0 Å². The van der Waals surface area contributed by atoms with Gasteiger partial charge in [-0.2, -0.15) is 0 Å². The van der Waals surface area contributed by atoms with Crippen LogP contribution in [0.3, 0.4) is 0 Å². The zero-order chi connectivity index (χ0) is 12.7. The number of hydrogen-bond acceptors (Lipinski definition) is 3. The molecule has 1 N–H and O–H groups in total. The van der Waals surface area contributed by atoms with Gasteiger partial charge in [-0.05, 0) is 52.2 Å². The molecule has 0 fully saturated rings. The van der Waals surface area contributed by atoms with Gasteiger partial charge in [-0.25, -0.2) is 0 Å². The molecule has 1 heterocycles. The van der Waals surface area contributed by atoms with Crippen LogP contribution in [-0.2, 0) is 9.47 Å². The number of rotatable bonds is 7. The van der Waals surface area contributed by atoms with Gasteiger partial charge in [-0.1, -0.05) is 6.92 Å². The van der Waals surface area contributed by atoms with Crippen molar-refractivity contribution in [2.75, 3.05) is 20.3 Å². The van der Waals surface area contributed by atoms with Gasteiger partial charge in [0.05, 0.1) is 18.2 Å². The normalized spacial score (nSPS) is 18.5. The van der Waals surface area contributed by atoms with Gasteiger partial charge in [0.25, 0.3) is 0 Å². The molecule has 1 aliphatic heterocycles. The Hall–Kier alpha value is -0.540. The summed E-state index contributed by atoms with van der Waals surface area (Å²) in [5, 5.41) is 3.56. The summed E-state index contributed by atoms with van der Waals surface area (Å²) in [6.07, 6.45) is 6.57. The molecule has 1 atom stereocenters. The van der Waals surface area contributed by atoms with E-state index in [1.807, 2.05) is 0 Å². The van der Waals surface area contributed by atoms with Crippen LogP contribution in [0.2, 0.25) is 0 Å². The fourth-order valence-electron chi connectivity index (χ4n) is 1.99. The fraction of sp³-hybridized carbons (Fsp3) is 0.857. The summed E-state index contributed by atoms with van der Waals surface area (Å²) >= 11 is 0. The maximum Gasteiger partial charge on any atom is 0.109 e. The summed E-state index contributed by atoms with van der Waals surface area (Å²) in [4.78, 5) is 0. The minimum Gasteiger partial charge on any atom is -0.497 e. The maximum absolute atomic E-state index is 5.77. The van der Waals surface area contributed by atoms with Gasteiger partial charge in [-0.3, -0.25) is 0 Å². The Morgan fingerprint density at radius 2 is 2.29 bits per heavy atom. The number of methoxy groups -OCH3 is 1. The molecule has 0 aromatic heterocycles. The molecule has 1 unspecified atom stereocenters. The second kappa shape index (κ2) is 7.02. The average molecular weight is 241 g/mol. The predicted octanol–water partition coefficient (Wildman–Crippen LogP) is 2.86. The van der Waals surface area contributed by atoms with Crippen molar-refractivity contribution in [3.63, 3.8) is 0 Å². The highest BCUT2D eigenvalue weighted by Gasteiger charge is 2.26. The van der Waals surface area contributed by atoms with Crippen LogP contribution in [-0.4, -0.2) is 31.9 Å². The molecule has 0 saturated heterocycles. The van der Waals surface area contributed by atoms with Gasteiger partial charge in [0.2, 0.25) is 0 Å². The molecule has 3 nitrogen and oxygen atoms in total. The number of ether oxygens (including phenoxy) is 2. The Morgan fingerprint density at radius 1 is 1.53 bits per heavy atom. The van der Waals surface area contributed by atoms with E-state index in [4.69, 9.17) is 9.47 Å². The van der Waals surface area contributed by atoms with Crippen LogP contribution < -0.4 is 5.32 Å². The van der Waals surface area contributed by atoms with Crippen molar-refractivity contribution in [2.45, 2.75) is 58.1 Å². The molecular formula is C14H27NO2. The van der Waals surface area contributed by atoms with Crippen molar-refractivity contribution in [3.8, 4) is 0 Å². The second-order valence-electron chi connectivity index (χ2n) is 5.27. The molecule has 1 rings (SSSR count). The lowest BCUT2D eigenvalue weighted by Crippen LogP contribution is -2.40. The zero-order valence-corrected chi connectivity index (χ0v) is 11.7. The molecule has 1 aliphatic rings. The van der Waals surface area contributed by atoms with E-state index in [0.29, 0.717) is 0 Å². The molecule has 0 radical (unpaired) electrons. The highest BCUT2D eigenvalue weighted by molar-refractivity contribution is 5.07. The lowest BCUT2D eigenvalue weighted by atomic mass is 9.96. The number of nitrogens with one attached hydrogen (secondary N) is 1. The van der Waals surface area contributed by atoms with Crippen LogP contribution in [0.5, 0.6) is 0 Å². The smallest absolute Gasteiger partial charge is 0.109 e. The van der Waals surface area contributed by atoms with Crippen molar-refractivity contribution < 1.29 is 9.47 Å². The second-order valence-corrected chi connectivity index (χ2v) is 5.27. The summed E-state index contributed by atoms with van der Waals surface area (Å²) in [5.41, 5.74) is -0.118. The monoisotopic (exact) mass is 241 g/mol. The van der Waals surface area contributed by atoms with Crippen LogP contribution >= 0.6 is 0 Å². The molecule has 0 bridgehead atoms. The molecule has 0 amide bonds. The van der Waals surface area contributed by atoms with E-state index in [-0.39, 0.29) is 11.6 Å². The molecule has 0 aromatic carbocycles. The molecule has 3 heteroatoms. The van der Waals surface area contributed by atoms with Gasteiger partial charge in [0.1, 0.15) is 5.76 Å². The van der Waals surface area contributed by atoms with Crippen LogP contribution in [0.25, 0.3) is 0 Å². The Bertz CT molecular complexity index is 249. The summed E-state index contributed by atoms with van der Waals surface area (Å²) in [6.45, 7) is 8.30. The highest BCUT2D eigenvalue weighted by atomic mass is 16.5. The van der Waals surface area contributed by atoms with Gasteiger partial charge in [0.15, 0.2) is 0 Å². The third kappa shape index (κ3) is 5.09. The topological polar surface area (TPSA) is 30.5 Å². The SMILES string of the molecule is CCCNC(CC(C)(C)OC)C1=CCCCO1. The van der Waals surface area contributed by atoms with Crippen LogP contribution in [0.4, 0.5) is 0 Å².